The first-order valence-electron chi connectivity index (χ1n) is 7.89. The van der Waals surface area contributed by atoms with E-state index in [1.165, 1.54) is 0 Å². The first-order valence-corrected chi connectivity index (χ1v) is 9.44. The first-order chi connectivity index (χ1) is 12.5. The lowest BCUT2D eigenvalue weighted by Gasteiger charge is -2.06. The molecule has 0 aromatic heterocycles. The highest BCUT2D eigenvalue weighted by molar-refractivity contribution is 9.10. The van der Waals surface area contributed by atoms with Crippen LogP contribution in [0.25, 0.3) is 22.8 Å². The number of amides is 1. The zero-order valence-electron chi connectivity index (χ0n) is 13.4. The first kappa shape index (κ1) is 17.3. The number of hydrogen-bond acceptors (Lipinski definition) is 1. The molecule has 0 radical (unpaired) electrons. The van der Waals surface area contributed by atoms with Gasteiger partial charge in [0.1, 0.15) is 0 Å². The van der Waals surface area contributed by atoms with Crippen LogP contribution in [0.2, 0.25) is 10.0 Å². The Labute approximate surface area is 169 Å². The van der Waals surface area contributed by atoms with Crippen LogP contribution in [0.3, 0.4) is 0 Å². The Morgan fingerprint density at radius 1 is 0.846 bits per heavy atom. The van der Waals surface area contributed by atoms with Crippen molar-refractivity contribution in [3.63, 3.8) is 0 Å². The molecule has 26 heavy (non-hydrogen) atoms. The summed E-state index contributed by atoms with van der Waals surface area (Å²) in [4.78, 5) is 12.4. The van der Waals surface area contributed by atoms with Crippen molar-refractivity contribution in [2.24, 2.45) is 0 Å². The maximum Gasteiger partial charge on any atom is 0.256 e. The predicted molar refractivity (Wildman–Crippen MR) is 113 cm³/mol. The van der Waals surface area contributed by atoms with Gasteiger partial charge in [-0.25, -0.2) is 0 Å². The Morgan fingerprint density at radius 2 is 1.54 bits per heavy atom. The van der Waals surface area contributed by atoms with Crippen LogP contribution in [-0.2, 0) is 4.79 Å². The van der Waals surface area contributed by atoms with Gasteiger partial charge in [0, 0.05) is 31.3 Å². The lowest BCUT2D eigenvalue weighted by Crippen LogP contribution is -2.03. The number of fused-ring (bicyclic) bond motifs is 1. The standard InChI is InChI=1S/C21H12BrCl2NO/c22-15-4-1-12(2-5-15)7-19-18-6-3-13(10-20(18)25-21(19)26)14-8-16(23)11-17(24)9-14/h1-11H,(H,25,26). The third-order valence-electron chi connectivity index (χ3n) is 4.18. The Morgan fingerprint density at radius 3 is 2.23 bits per heavy atom. The molecule has 0 saturated carbocycles. The van der Waals surface area contributed by atoms with Crippen LogP contribution in [0.1, 0.15) is 11.1 Å². The molecule has 0 atom stereocenters. The second-order valence-electron chi connectivity index (χ2n) is 5.98. The van der Waals surface area contributed by atoms with E-state index < -0.39 is 0 Å². The summed E-state index contributed by atoms with van der Waals surface area (Å²) in [5.74, 6) is -0.107. The Bertz CT molecular complexity index is 1040. The van der Waals surface area contributed by atoms with E-state index >= 15 is 0 Å². The normalized spacial score (nSPS) is 14.4. The fourth-order valence-corrected chi connectivity index (χ4v) is 3.75. The van der Waals surface area contributed by atoms with Crippen molar-refractivity contribution < 1.29 is 4.79 Å². The third kappa shape index (κ3) is 3.43. The fraction of sp³-hybridized carbons (Fsp3) is 0. The lowest BCUT2D eigenvalue weighted by molar-refractivity contribution is -0.110. The van der Waals surface area contributed by atoms with Crippen LogP contribution >= 0.6 is 39.1 Å². The second kappa shape index (κ2) is 6.92. The highest BCUT2D eigenvalue weighted by Crippen LogP contribution is 2.37. The van der Waals surface area contributed by atoms with Gasteiger partial charge in [0.25, 0.3) is 5.91 Å². The molecule has 0 fully saturated rings. The minimum absolute atomic E-state index is 0.107. The quantitative estimate of drug-likeness (QED) is 0.427. The molecule has 1 heterocycles. The van der Waals surface area contributed by atoms with Crippen LogP contribution in [-0.4, -0.2) is 5.91 Å². The summed E-state index contributed by atoms with van der Waals surface area (Å²) in [6.45, 7) is 0. The van der Waals surface area contributed by atoms with Crippen molar-refractivity contribution in [3.8, 4) is 11.1 Å². The van der Waals surface area contributed by atoms with E-state index in [4.69, 9.17) is 23.2 Å². The van der Waals surface area contributed by atoms with Gasteiger partial charge in [0.05, 0.1) is 0 Å². The van der Waals surface area contributed by atoms with E-state index in [-0.39, 0.29) is 5.91 Å². The monoisotopic (exact) mass is 443 g/mol. The van der Waals surface area contributed by atoms with Crippen molar-refractivity contribution in [2.75, 3.05) is 5.32 Å². The maximum atomic E-state index is 12.4. The number of carbonyl (C=O) groups is 1. The molecular formula is C21H12BrCl2NO. The number of hydrogen-bond donors (Lipinski definition) is 1. The van der Waals surface area contributed by atoms with Crippen molar-refractivity contribution in [3.05, 3.63) is 86.3 Å². The van der Waals surface area contributed by atoms with Gasteiger partial charge in [-0.3, -0.25) is 4.79 Å². The largest absolute Gasteiger partial charge is 0.321 e. The summed E-state index contributed by atoms with van der Waals surface area (Å²) >= 11 is 15.6. The van der Waals surface area contributed by atoms with Crippen LogP contribution in [0, 0.1) is 0 Å². The molecule has 4 rings (SSSR count). The highest BCUT2D eigenvalue weighted by Gasteiger charge is 2.24. The van der Waals surface area contributed by atoms with Gasteiger partial charge in [0.15, 0.2) is 0 Å². The molecular weight excluding hydrogens is 433 g/mol. The topological polar surface area (TPSA) is 29.1 Å². The Balaban J connectivity index is 1.75. The number of halogens is 3. The zero-order valence-corrected chi connectivity index (χ0v) is 16.5. The minimum atomic E-state index is -0.107. The van der Waals surface area contributed by atoms with Crippen molar-refractivity contribution in [2.45, 2.75) is 0 Å². The molecule has 1 aliphatic rings. The third-order valence-corrected chi connectivity index (χ3v) is 5.14. The van der Waals surface area contributed by atoms with E-state index in [0.29, 0.717) is 15.6 Å². The smallest absolute Gasteiger partial charge is 0.256 e. The summed E-state index contributed by atoms with van der Waals surface area (Å²) in [5.41, 5.74) is 5.14. The summed E-state index contributed by atoms with van der Waals surface area (Å²) < 4.78 is 1.00. The van der Waals surface area contributed by atoms with Crippen molar-refractivity contribution in [1.29, 1.82) is 0 Å². The summed E-state index contributed by atoms with van der Waals surface area (Å²) in [7, 11) is 0. The van der Waals surface area contributed by atoms with Crippen LogP contribution in [0.4, 0.5) is 5.69 Å². The van der Waals surface area contributed by atoms with E-state index in [9.17, 15) is 4.79 Å². The van der Waals surface area contributed by atoms with Gasteiger partial charge in [-0.1, -0.05) is 63.4 Å². The maximum absolute atomic E-state index is 12.4. The average molecular weight is 445 g/mol. The number of rotatable bonds is 2. The van der Waals surface area contributed by atoms with Gasteiger partial charge in [-0.05, 0) is 59.2 Å². The number of carbonyl (C=O) groups excluding carboxylic acids is 1. The molecule has 2 nitrogen and oxygen atoms in total. The van der Waals surface area contributed by atoms with Gasteiger partial charge < -0.3 is 5.32 Å². The molecule has 0 bridgehead atoms. The molecule has 3 aromatic rings. The van der Waals surface area contributed by atoms with Crippen LogP contribution in [0.15, 0.2) is 65.1 Å². The van der Waals surface area contributed by atoms with E-state index in [1.807, 2.05) is 60.7 Å². The summed E-state index contributed by atoms with van der Waals surface area (Å²) in [6, 6.07) is 19.1. The molecule has 0 saturated heterocycles. The minimum Gasteiger partial charge on any atom is -0.321 e. The number of nitrogens with one attached hydrogen (secondary N) is 1. The second-order valence-corrected chi connectivity index (χ2v) is 7.77. The highest BCUT2D eigenvalue weighted by atomic mass is 79.9. The Hall–Kier alpha value is -2.07. The zero-order chi connectivity index (χ0) is 18.3. The predicted octanol–water partition coefficient (Wildman–Crippen LogP) is 6.92. The summed E-state index contributed by atoms with van der Waals surface area (Å²) in [6.07, 6.45) is 1.89. The van der Waals surface area contributed by atoms with Crippen molar-refractivity contribution >= 4 is 62.4 Å². The van der Waals surface area contributed by atoms with Gasteiger partial charge >= 0.3 is 0 Å². The molecule has 1 N–H and O–H groups in total. The van der Waals surface area contributed by atoms with Crippen LogP contribution < -0.4 is 5.32 Å². The molecule has 0 aliphatic carbocycles. The average Bonchev–Trinajstić information content (AvgIpc) is 2.91. The molecule has 0 unspecified atom stereocenters. The SMILES string of the molecule is O=C1Nc2cc(-c3cc(Cl)cc(Cl)c3)ccc2C1=Cc1ccc(Br)cc1. The van der Waals surface area contributed by atoms with E-state index in [2.05, 4.69) is 21.2 Å². The fourth-order valence-electron chi connectivity index (χ4n) is 2.96. The number of benzene rings is 3. The molecule has 0 spiro atoms. The molecule has 1 amide bonds. The Kier molecular flexibility index (Phi) is 4.62. The molecule has 5 heteroatoms. The summed E-state index contributed by atoms with van der Waals surface area (Å²) in [5, 5.41) is 4.09. The van der Waals surface area contributed by atoms with Gasteiger partial charge in [-0.2, -0.15) is 0 Å². The molecule has 1 aliphatic heterocycles. The molecule has 3 aromatic carbocycles. The molecule has 128 valence electrons. The lowest BCUT2D eigenvalue weighted by atomic mass is 9.99. The van der Waals surface area contributed by atoms with Gasteiger partial charge in [-0.15, -0.1) is 0 Å². The van der Waals surface area contributed by atoms with Crippen molar-refractivity contribution in [1.82, 2.24) is 0 Å². The number of anilines is 1. The van der Waals surface area contributed by atoms with E-state index in [0.717, 1.165) is 32.4 Å². The van der Waals surface area contributed by atoms with Gasteiger partial charge in [0.2, 0.25) is 0 Å². The van der Waals surface area contributed by atoms with E-state index in [1.54, 1.807) is 6.07 Å². The van der Waals surface area contributed by atoms with Crippen LogP contribution in [0.5, 0.6) is 0 Å².